The molecule has 33 heavy (non-hydrogen) atoms. The minimum Gasteiger partial charge on any atom is -0.400 e. The lowest BCUT2D eigenvalue weighted by Gasteiger charge is -2.31. The molecule has 2 heterocycles. The van der Waals surface area contributed by atoms with E-state index in [1.54, 1.807) is 12.1 Å². The molecule has 1 fully saturated rings. The van der Waals surface area contributed by atoms with Gasteiger partial charge < -0.3 is 14.5 Å². The Balaban J connectivity index is 1.40. The minimum atomic E-state index is -4.73. The lowest BCUT2D eigenvalue weighted by atomic mass is 10.1. The van der Waals surface area contributed by atoms with E-state index in [0.29, 0.717) is 27.3 Å². The van der Waals surface area contributed by atoms with E-state index in [1.165, 1.54) is 6.07 Å². The van der Waals surface area contributed by atoms with Crippen LogP contribution in [0.1, 0.15) is 12.8 Å². The first-order valence-electron chi connectivity index (χ1n) is 10.4. The van der Waals surface area contributed by atoms with Crippen molar-refractivity contribution in [3.8, 4) is 5.75 Å². The third kappa shape index (κ3) is 6.01. The Morgan fingerprint density at radius 1 is 1.12 bits per heavy atom. The number of halogens is 4. The lowest BCUT2D eigenvalue weighted by molar-refractivity contribution is -0.275. The molecule has 0 saturated carbocycles. The first kappa shape index (κ1) is 23.9. The highest BCUT2D eigenvalue weighted by atomic mass is 79.9. The number of alkyl halides is 3. The fraction of sp³-hybridized carbons (Fsp3) is 0.364. The van der Waals surface area contributed by atoms with Gasteiger partial charge in [0.05, 0.1) is 11.6 Å². The second-order valence-electron chi connectivity index (χ2n) is 7.92. The van der Waals surface area contributed by atoms with Crippen LogP contribution >= 0.6 is 15.9 Å². The summed E-state index contributed by atoms with van der Waals surface area (Å²) in [6, 6.07) is 12.8. The number of piperidine rings is 1. The number of aromatic nitrogens is 2. The molecule has 2 aromatic carbocycles. The van der Waals surface area contributed by atoms with Gasteiger partial charge in [-0.05, 0) is 31.0 Å². The Hall–Kier alpha value is -2.24. The van der Waals surface area contributed by atoms with Crippen molar-refractivity contribution in [2.45, 2.75) is 30.1 Å². The molecular weight excluding hydrogens is 519 g/mol. The van der Waals surface area contributed by atoms with Crippen molar-refractivity contribution < 1.29 is 17.9 Å². The molecule has 1 saturated heterocycles. The number of thiol groups is 1. The molecule has 0 spiro atoms. The lowest BCUT2D eigenvalue weighted by Crippen LogP contribution is -2.42. The summed E-state index contributed by atoms with van der Waals surface area (Å²) >= 11 is 3.78. The predicted molar refractivity (Wildman–Crippen MR) is 130 cm³/mol. The molecule has 3 aromatic rings. The Morgan fingerprint density at radius 3 is 2.55 bits per heavy atom. The van der Waals surface area contributed by atoms with E-state index < -0.39 is 6.36 Å². The van der Waals surface area contributed by atoms with Gasteiger partial charge in [0.15, 0.2) is 5.75 Å². The number of nitrogens with zero attached hydrogens (tertiary/aromatic N) is 4. The number of anilines is 2. The van der Waals surface area contributed by atoms with Crippen LogP contribution in [0.2, 0.25) is 0 Å². The molecule has 1 aliphatic rings. The van der Waals surface area contributed by atoms with Crippen molar-refractivity contribution >= 4 is 50.5 Å². The highest BCUT2D eigenvalue weighted by Gasteiger charge is 2.34. The summed E-state index contributed by atoms with van der Waals surface area (Å²) in [6.45, 7) is 1.51. The average Bonchev–Trinajstić information content (AvgIpc) is 2.77. The number of hydrogen-bond donors (Lipinski definition) is 1. The second kappa shape index (κ2) is 9.94. The highest BCUT2D eigenvalue weighted by molar-refractivity contribution is 9.10. The van der Waals surface area contributed by atoms with Crippen LogP contribution in [0.3, 0.4) is 0 Å². The third-order valence-electron chi connectivity index (χ3n) is 5.29. The summed E-state index contributed by atoms with van der Waals surface area (Å²) in [5, 5.41) is 1.01. The molecule has 0 bridgehead atoms. The van der Waals surface area contributed by atoms with E-state index in [0.717, 1.165) is 42.7 Å². The number of rotatable bonds is 6. The van der Waals surface area contributed by atoms with Gasteiger partial charge in [0.2, 0.25) is 10.8 Å². The van der Waals surface area contributed by atoms with Crippen molar-refractivity contribution in [1.82, 2.24) is 14.7 Å². The number of para-hydroxylation sites is 1. The zero-order chi connectivity index (χ0) is 23.6. The monoisotopic (exact) mass is 542 g/mol. The fourth-order valence-corrected chi connectivity index (χ4v) is 4.98. The molecule has 1 aliphatic heterocycles. The van der Waals surface area contributed by atoms with E-state index in [9.17, 15) is 13.2 Å². The smallest absolute Gasteiger partial charge is 0.400 e. The molecule has 0 amide bonds. The summed E-state index contributed by atoms with van der Waals surface area (Å²) in [5.41, 5.74) is 0.900. The summed E-state index contributed by atoms with van der Waals surface area (Å²) in [4.78, 5) is 14.1. The van der Waals surface area contributed by atoms with Gasteiger partial charge in [-0.1, -0.05) is 28.1 Å². The molecule has 0 atom stereocenters. The zero-order valence-electron chi connectivity index (χ0n) is 18.1. The quantitative estimate of drug-likeness (QED) is 0.360. The third-order valence-corrected chi connectivity index (χ3v) is 6.89. The van der Waals surface area contributed by atoms with Gasteiger partial charge >= 0.3 is 6.36 Å². The van der Waals surface area contributed by atoms with Crippen LogP contribution < -0.4 is 19.3 Å². The number of benzene rings is 2. The van der Waals surface area contributed by atoms with Crippen molar-refractivity contribution in [3.63, 3.8) is 0 Å². The van der Waals surface area contributed by atoms with Crippen molar-refractivity contribution in [2.24, 2.45) is 0 Å². The molecule has 4 rings (SSSR count). The van der Waals surface area contributed by atoms with Crippen LogP contribution in [0, 0.1) is 0 Å². The maximum Gasteiger partial charge on any atom is 0.573 e. The summed E-state index contributed by atoms with van der Waals surface area (Å²) in [5.74, 6) is 1.37. The number of nitrogens with one attached hydrogen (secondary N) is 1. The SMILES string of the molecule is CN(C)c1nc(N2CCC(N[SH+]c3ccc(Br)cc3OC(F)(F)F)CC2)nc2ccccc12. The van der Waals surface area contributed by atoms with E-state index >= 15 is 0 Å². The Bertz CT molecular complexity index is 1120. The largest absolute Gasteiger partial charge is 0.573 e. The minimum absolute atomic E-state index is 0.166. The molecule has 11 heteroatoms. The molecular formula is C22H24BrF3N5OS+. The van der Waals surface area contributed by atoms with Gasteiger partial charge in [-0.3, -0.25) is 0 Å². The molecule has 1 aromatic heterocycles. The van der Waals surface area contributed by atoms with Crippen LogP contribution in [0.5, 0.6) is 5.75 Å². The molecule has 0 aliphatic carbocycles. The van der Waals surface area contributed by atoms with Crippen LogP contribution in [-0.2, 0) is 11.9 Å². The standard InChI is InChI=1S/C22H23BrF3N5OS/c1-30(2)20-16-5-3-4-6-17(16)27-21(28-20)31-11-9-15(10-12-31)29-33-19-8-7-14(23)13-18(19)32-22(24,25)26/h3-8,13,15,29H,9-12H2,1-2H3/p+1. The molecule has 0 unspecified atom stereocenters. The van der Waals surface area contributed by atoms with E-state index in [1.807, 2.05) is 43.3 Å². The van der Waals surface area contributed by atoms with Gasteiger partial charge in [0.1, 0.15) is 17.8 Å². The van der Waals surface area contributed by atoms with Gasteiger partial charge in [0, 0.05) is 49.2 Å². The Morgan fingerprint density at radius 2 is 1.85 bits per heavy atom. The molecule has 1 N–H and O–H groups in total. The summed E-state index contributed by atoms with van der Waals surface area (Å²) < 4.78 is 46.3. The van der Waals surface area contributed by atoms with E-state index in [2.05, 4.69) is 30.3 Å². The van der Waals surface area contributed by atoms with Gasteiger partial charge in [-0.15, -0.1) is 17.9 Å². The summed E-state index contributed by atoms with van der Waals surface area (Å²) in [6.07, 6.45) is -3.08. The van der Waals surface area contributed by atoms with Gasteiger partial charge in [-0.25, -0.2) is 4.98 Å². The topological polar surface area (TPSA) is 53.5 Å². The second-order valence-corrected chi connectivity index (χ2v) is 9.80. The molecule has 176 valence electrons. The van der Waals surface area contributed by atoms with E-state index in [-0.39, 0.29) is 11.8 Å². The van der Waals surface area contributed by atoms with Gasteiger partial charge in [0.25, 0.3) is 0 Å². The average molecular weight is 543 g/mol. The molecule has 6 nitrogen and oxygen atoms in total. The van der Waals surface area contributed by atoms with Crippen LogP contribution in [0.4, 0.5) is 24.9 Å². The predicted octanol–water partition coefficient (Wildman–Crippen LogP) is 4.70. The maximum absolute atomic E-state index is 12.7. The Labute approximate surface area is 202 Å². The number of ether oxygens (including phenoxy) is 1. The van der Waals surface area contributed by atoms with Crippen LogP contribution in [0.15, 0.2) is 51.8 Å². The first-order chi connectivity index (χ1) is 15.7. The van der Waals surface area contributed by atoms with Crippen molar-refractivity contribution in [2.75, 3.05) is 37.0 Å². The highest BCUT2D eigenvalue weighted by Crippen LogP contribution is 2.31. The fourth-order valence-electron chi connectivity index (χ4n) is 3.69. The first-order valence-corrected chi connectivity index (χ1v) is 12.1. The normalized spacial score (nSPS) is 15.2. The van der Waals surface area contributed by atoms with Crippen LogP contribution in [0.25, 0.3) is 10.9 Å². The van der Waals surface area contributed by atoms with E-state index in [4.69, 9.17) is 9.97 Å². The van der Waals surface area contributed by atoms with Crippen LogP contribution in [-0.4, -0.2) is 49.6 Å². The molecule has 0 radical (unpaired) electrons. The summed E-state index contributed by atoms with van der Waals surface area (Å²) in [7, 11) is 3.93. The maximum atomic E-state index is 12.7. The van der Waals surface area contributed by atoms with Crippen molar-refractivity contribution in [3.05, 3.63) is 46.9 Å². The van der Waals surface area contributed by atoms with Gasteiger partial charge in [-0.2, -0.15) is 4.98 Å². The zero-order valence-corrected chi connectivity index (χ0v) is 20.6. The number of fused-ring (bicyclic) bond motifs is 1. The van der Waals surface area contributed by atoms with Crippen molar-refractivity contribution in [1.29, 1.82) is 0 Å². The number of hydrogen-bond acceptors (Lipinski definition) is 6. The Kier molecular flexibility index (Phi) is 7.20.